The predicted octanol–water partition coefficient (Wildman–Crippen LogP) is 7.17. The molecule has 1 aromatic rings. The number of unbranched alkanes of at least 4 members (excludes halogenated alkanes) is 10. The lowest BCUT2D eigenvalue weighted by atomic mass is 10.1. The Labute approximate surface area is 168 Å². The van der Waals surface area contributed by atoms with Crippen molar-refractivity contribution in [2.75, 3.05) is 13.1 Å². The molecule has 0 spiro atoms. The Bertz CT molecular complexity index is 441. The lowest BCUT2D eigenvalue weighted by Gasteiger charge is -2.23. The van der Waals surface area contributed by atoms with Gasteiger partial charge < -0.3 is 4.90 Å². The number of rotatable bonds is 17. The largest absolute Gasteiger partial charge is 0.343 e. The Morgan fingerprint density at radius 2 is 1.19 bits per heavy atom. The molecule has 0 N–H and O–H groups in total. The minimum Gasteiger partial charge on any atom is -0.343 e. The molecule has 0 radical (unpaired) electrons. The standard InChI is InChI=1S/C25H43NO/c1-3-5-7-9-11-16-22-26(23-17-12-10-8-6-4-2)25(27)21-20-24-18-14-13-15-19-24/h13-15,18-19H,3-12,16-17,20-23H2,1-2H3. The fourth-order valence-electron chi connectivity index (χ4n) is 3.58. The summed E-state index contributed by atoms with van der Waals surface area (Å²) in [6.07, 6.45) is 17.0. The number of carbonyl (C=O) groups excluding carboxylic acids is 1. The molecule has 2 nitrogen and oxygen atoms in total. The van der Waals surface area contributed by atoms with Gasteiger partial charge >= 0.3 is 0 Å². The lowest BCUT2D eigenvalue weighted by Crippen LogP contribution is -2.33. The van der Waals surface area contributed by atoms with Crippen molar-refractivity contribution >= 4 is 5.91 Å². The summed E-state index contributed by atoms with van der Waals surface area (Å²) in [5, 5.41) is 0. The molecule has 0 heterocycles. The first-order chi connectivity index (χ1) is 13.3. The Morgan fingerprint density at radius 1 is 0.704 bits per heavy atom. The molecule has 0 bridgehead atoms. The van der Waals surface area contributed by atoms with Gasteiger partial charge in [-0.25, -0.2) is 0 Å². The van der Waals surface area contributed by atoms with E-state index in [2.05, 4.69) is 43.0 Å². The molecule has 0 saturated heterocycles. The van der Waals surface area contributed by atoms with Gasteiger partial charge in [0, 0.05) is 19.5 Å². The topological polar surface area (TPSA) is 20.3 Å². The van der Waals surface area contributed by atoms with E-state index in [1.165, 1.54) is 69.8 Å². The van der Waals surface area contributed by atoms with Crippen LogP contribution in [0.1, 0.15) is 103 Å². The Balaban J connectivity index is 2.34. The number of hydrogen-bond acceptors (Lipinski definition) is 1. The number of aryl methyl sites for hydroxylation is 1. The fraction of sp³-hybridized carbons (Fsp3) is 0.720. The molecule has 2 heteroatoms. The summed E-state index contributed by atoms with van der Waals surface area (Å²) in [5.41, 5.74) is 1.27. The van der Waals surface area contributed by atoms with E-state index in [0.717, 1.165) is 32.4 Å². The van der Waals surface area contributed by atoms with Gasteiger partial charge in [-0.15, -0.1) is 0 Å². The normalized spacial score (nSPS) is 10.9. The van der Waals surface area contributed by atoms with Crippen LogP contribution in [-0.4, -0.2) is 23.9 Å². The summed E-state index contributed by atoms with van der Waals surface area (Å²) >= 11 is 0. The zero-order chi connectivity index (χ0) is 19.6. The number of carbonyl (C=O) groups is 1. The van der Waals surface area contributed by atoms with Crippen molar-refractivity contribution in [1.82, 2.24) is 4.90 Å². The van der Waals surface area contributed by atoms with Crippen LogP contribution in [0.15, 0.2) is 30.3 Å². The van der Waals surface area contributed by atoms with Crippen LogP contribution in [0.4, 0.5) is 0 Å². The first-order valence-corrected chi connectivity index (χ1v) is 11.6. The maximum absolute atomic E-state index is 12.8. The summed E-state index contributed by atoms with van der Waals surface area (Å²) in [6.45, 7) is 6.42. The van der Waals surface area contributed by atoms with Gasteiger partial charge in [0.25, 0.3) is 0 Å². The Hall–Kier alpha value is -1.31. The van der Waals surface area contributed by atoms with E-state index >= 15 is 0 Å². The first-order valence-electron chi connectivity index (χ1n) is 11.6. The molecular weight excluding hydrogens is 330 g/mol. The third kappa shape index (κ3) is 12.7. The van der Waals surface area contributed by atoms with E-state index in [0.29, 0.717) is 12.3 Å². The number of amides is 1. The average Bonchev–Trinajstić information content (AvgIpc) is 2.70. The molecule has 1 amide bonds. The molecule has 154 valence electrons. The number of hydrogen-bond donors (Lipinski definition) is 0. The summed E-state index contributed by atoms with van der Waals surface area (Å²) in [4.78, 5) is 14.9. The highest BCUT2D eigenvalue weighted by molar-refractivity contribution is 5.76. The van der Waals surface area contributed by atoms with Crippen LogP contribution in [0.25, 0.3) is 0 Å². The van der Waals surface area contributed by atoms with E-state index in [1.54, 1.807) is 0 Å². The average molecular weight is 374 g/mol. The van der Waals surface area contributed by atoms with Crippen molar-refractivity contribution in [3.63, 3.8) is 0 Å². The van der Waals surface area contributed by atoms with Crippen LogP contribution in [0.5, 0.6) is 0 Å². The van der Waals surface area contributed by atoms with E-state index in [4.69, 9.17) is 0 Å². The third-order valence-corrected chi connectivity index (χ3v) is 5.39. The number of nitrogens with zero attached hydrogens (tertiary/aromatic N) is 1. The van der Waals surface area contributed by atoms with Crippen molar-refractivity contribution in [3.05, 3.63) is 35.9 Å². The van der Waals surface area contributed by atoms with Gasteiger partial charge in [-0.1, -0.05) is 108 Å². The Morgan fingerprint density at radius 3 is 1.70 bits per heavy atom. The maximum atomic E-state index is 12.8. The van der Waals surface area contributed by atoms with Crippen LogP contribution in [0.2, 0.25) is 0 Å². The molecule has 0 aliphatic carbocycles. The number of benzene rings is 1. The second kappa shape index (κ2) is 16.8. The van der Waals surface area contributed by atoms with Crippen molar-refractivity contribution in [2.24, 2.45) is 0 Å². The van der Waals surface area contributed by atoms with Gasteiger partial charge in [0.05, 0.1) is 0 Å². The maximum Gasteiger partial charge on any atom is 0.222 e. The molecule has 1 rings (SSSR count). The smallest absolute Gasteiger partial charge is 0.222 e. The first kappa shape index (κ1) is 23.7. The highest BCUT2D eigenvalue weighted by Crippen LogP contribution is 2.11. The molecule has 0 unspecified atom stereocenters. The van der Waals surface area contributed by atoms with Gasteiger partial charge in [-0.3, -0.25) is 4.79 Å². The van der Waals surface area contributed by atoms with E-state index in [-0.39, 0.29) is 0 Å². The second-order valence-corrected chi connectivity index (χ2v) is 7.90. The fourth-order valence-corrected chi connectivity index (χ4v) is 3.58. The van der Waals surface area contributed by atoms with Crippen LogP contribution in [-0.2, 0) is 11.2 Å². The molecule has 27 heavy (non-hydrogen) atoms. The molecule has 0 atom stereocenters. The zero-order valence-electron chi connectivity index (χ0n) is 18.1. The molecule has 0 aliphatic rings. The van der Waals surface area contributed by atoms with E-state index in [1.807, 2.05) is 6.07 Å². The van der Waals surface area contributed by atoms with Gasteiger partial charge in [-0.2, -0.15) is 0 Å². The van der Waals surface area contributed by atoms with Gasteiger partial charge in [0.15, 0.2) is 0 Å². The molecule has 0 aromatic heterocycles. The molecule has 0 aliphatic heterocycles. The van der Waals surface area contributed by atoms with Crippen molar-refractivity contribution in [2.45, 2.75) is 104 Å². The molecule has 0 saturated carbocycles. The predicted molar refractivity (Wildman–Crippen MR) is 118 cm³/mol. The van der Waals surface area contributed by atoms with Crippen molar-refractivity contribution < 1.29 is 4.79 Å². The summed E-state index contributed by atoms with van der Waals surface area (Å²) in [6, 6.07) is 10.4. The lowest BCUT2D eigenvalue weighted by molar-refractivity contribution is -0.131. The minimum absolute atomic E-state index is 0.348. The van der Waals surface area contributed by atoms with Crippen LogP contribution >= 0.6 is 0 Å². The molecular formula is C25H43NO. The van der Waals surface area contributed by atoms with Crippen LogP contribution in [0.3, 0.4) is 0 Å². The highest BCUT2D eigenvalue weighted by Gasteiger charge is 2.13. The summed E-state index contributed by atoms with van der Waals surface area (Å²) in [5.74, 6) is 0.348. The van der Waals surface area contributed by atoms with Gasteiger partial charge in [0.2, 0.25) is 5.91 Å². The Kier molecular flexibility index (Phi) is 14.8. The third-order valence-electron chi connectivity index (χ3n) is 5.39. The summed E-state index contributed by atoms with van der Waals surface area (Å²) < 4.78 is 0. The minimum atomic E-state index is 0.348. The van der Waals surface area contributed by atoms with Crippen LogP contribution in [0, 0.1) is 0 Å². The van der Waals surface area contributed by atoms with Gasteiger partial charge in [-0.05, 0) is 24.8 Å². The monoisotopic (exact) mass is 373 g/mol. The quantitative estimate of drug-likeness (QED) is 0.265. The molecule has 0 fully saturated rings. The zero-order valence-corrected chi connectivity index (χ0v) is 18.1. The SMILES string of the molecule is CCCCCCCCN(CCCCCCCC)C(=O)CCc1ccccc1. The highest BCUT2D eigenvalue weighted by atomic mass is 16.2. The molecule has 1 aromatic carbocycles. The van der Waals surface area contributed by atoms with Gasteiger partial charge in [0.1, 0.15) is 0 Å². The van der Waals surface area contributed by atoms with Crippen molar-refractivity contribution in [3.8, 4) is 0 Å². The summed E-state index contributed by atoms with van der Waals surface area (Å²) in [7, 11) is 0. The van der Waals surface area contributed by atoms with E-state index in [9.17, 15) is 4.79 Å². The van der Waals surface area contributed by atoms with E-state index < -0.39 is 0 Å². The van der Waals surface area contributed by atoms with Crippen molar-refractivity contribution in [1.29, 1.82) is 0 Å². The van der Waals surface area contributed by atoms with Crippen LogP contribution < -0.4 is 0 Å². The second-order valence-electron chi connectivity index (χ2n) is 7.90.